The Kier molecular flexibility index (Phi) is 6.06. The van der Waals surface area contributed by atoms with Crippen LogP contribution in [0.4, 0.5) is 5.69 Å². The fraction of sp³-hybridized carbons (Fsp3) is 0.0714. The molecule has 6 heteroatoms. The van der Waals surface area contributed by atoms with Crippen molar-refractivity contribution in [1.29, 1.82) is 0 Å². The van der Waals surface area contributed by atoms with Crippen molar-refractivity contribution in [2.24, 2.45) is 0 Å². The molecule has 0 saturated carbocycles. The summed E-state index contributed by atoms with van der Waals surface area (Å²) >= 11 is 2.32. The minimum atomic E-state index is -3.98. The number of nitrogens with zero attached hydrogens (tertiary/aromatic N) is 1. The average Bonchev–Trinajstić information content (AvgIpc) is 2.85. The number of aryl methyl sites for hydroxylation is 1. The van der Waals surface area contributed by atoms with E-state index in [1.165, 1.54) is 7.11 Å². The Labute approximate surface area is 212 Å². The first kappa shape index (κ1) is 22.8. The van der Waals surface area contributed by atoms with E-state index in [9.17, 15) is 8.42 Å². The second-order valence-corrected chi connectivity index (χ2v) is 11.0. The molecule has 0 aromatic heterocycles. The van der Waals surface area contributed by atoms with Gasteiger partial charge in [0.05, 0.1) is 17.7 Å². The fourth-order valence-electron chi connectivity index (χ4n) is 4.31. The molecule has 0 atom stereocenters. The highest BCUT2D eigenvalue weighted by Crippen LogP contribution is 2.44. The van der Waals surface area contributed by atoms with E-state index >= 15 is 0 Å². The molecule has 5 rings (SSSR count). The smallest absolute Gasteiger partial charge is 0.262 e. The van der Waals surface area contributed by atoms with E-state index in [0.29, 0.717) is 5.69 Å². The van der Waals surface area contributed by atoms with Crippen molar-refractivity contribution in [3.63, 3.8) is 0 Å². The summed E-state index contributed by atoms with van der Waals surface area (Å²) in [7, 11) is -2.59. The molecule has 5 aromatic carbocycles. The van der Waals surface area contributed by atoms with Gasteiger partial charge in [-0.05, 0) is 75.3 Å². The molecule has 0 N–H and O–H groups in total. The van der Waals surface area contributed by atoms with Gasteiger partial charge in [-0.15, -0.1) is 4.47 Å². The van der Waals surface area contributed by atoms with Crippen molar-refractivity contribution in [3.8, 4) is 11.1 Å². The third-order valence-electron chi connectivity index (χ3n) is 5.93. The van der Waals surface area contributed by atoms with Crippen LogP contribution >= 0.6 is 22.6 Å². The third kappa shape index (κ3) is 3.85. The lowest BCUT2D eigenvalue weighted by Gasteiger charge is -2.26. The molecular weight excluding hydrogens is 557 g/mol. The predicted octanol–water partition coefficient (Wildman–Crippen LogP) is 7.33. The SMILES string of the molecule is CON(c1ccc2ccccc2c1-c1c(I)ccc2ccccc12)S(=O)(=O)c1ccc(C)cc1. The fourth-order valence-corrected chi connectivity index (χ4v) is 6.32. The van der Waals surface area contributed by atoms with Gasteiger partial charge in [0.15, 0.2) is 0 Å². The second kappa shape index (κ2) is 9.02. The number of rotatable bonds is 5. The summed E-state index contributed by atoms with van der Waals surface area (Å²) in [5, 5.41) is 4.11. The monoisotopic (exact) mass is 579 g/mol. The number of benzene rings is 5. The minimum Gasteiger partial charge on any atom is -0.262 e. The van der Waals surface area contributed by atoms with Gasteiger partial charge in [-0.25, -0.2) is 0 Å². The zero-order chi connectivity index (χ0) is 23.9. The van der Waals surface area contributed by atoms with Crippen LogP contribution < -0.4 is 4.47 Å². The van der Waals surface area contributed by atoms with Crippen molar-refractivity contribution >= 4 is 59.8 Å². The average molecular weight is 579 g/mol. The molecule has 0 bridgehead atoms. The summed E-state index contributed by atoms with van der Waals surface area (Å²) in [5.41, 5.74) is 3.25. The maximum atomic E-state index is 13.7. The molecule has 34 heavy (non-hydrogen) atoms. The molecule has 170 valence electrons. The molecule has 0 fully saturated rings. The standard InChI is InChI=1S/C28H22INO3S/c1-19-11-15-22(16-12-19)34(31,32)30(33-2)26-18-14-21-8-4-6-10-24(21)28(26)27-23-9-5-3-7-20(23)13-17-25(27)29/h3-18H,1-2H3. The highest BCUT2D eigenvalue weighted by Gasteiger charge is 2.29. The summed E-state index contributed by atoms with van der Waals surface area (Å²) in [4.78, 5) is 5.76. The van der Waals surface area contributed by atoms with Crippen LogP contribution in [0, 0.1) is 10.5 Å². The van der Waals surface area contributed by atoms with Gasteiger partial charge < -0.3 is 0 Å². The molecule has 0 aliphatic heterocycles. The molecule has 0 radical (unpaired) electrons. The Morgan fingerprint density at radius 2 is 1.26 bits per heavy atom. The molecule has 0 aliphatic rings. The van der Waals surface area contributed by atoms with Gasteiger partial charge in [0.2, 0.25) is 0 Å². The van der Waals surface area contributed by atoms with Gasteiger partial charge in [-0.2, -0.15) is 8.42 Å². The Morgan fingerprint density at radius 1 is 0.706 bits per heavy atom. The number of halogens is 1. The van der Waals surface area contributed by atoms with Gasteiger partial charge in [0.25, 0.3) is 10.0 Å². The first-order chi connectivity index (χ1) is 16.4. The van der Waals surface area contributed by atoms with Crippen molar-refractivity contribution in [3.05, 3.63) is 106 Å². The second-order valence-electron chi connectivity index (χ2n) is 8.05. The summed E-state index contributed by atoms with van der Waals surface area (Å²) in [6, 6.07) is 30.9. The summed E-state index contributed by atoms with van der Waals surface area (Å²) < 4.78 is 29.5. The van der Waals surface area contributed by atoms with Crippen molar-refractivity contribution in [1.82, 2.24) is 0 Å². The maximum absolute atomic E-state index is 13.7. The van der Waals surface area contributed by atoms with E-state index < -0.39 is 10.0 Å². The Hall–Kier alpha value is -2.94. The molecule has 0 amide bonds. The Balaban J connectivity index is 1.86. The molecule has 0 unspecified atom stereocenters. The number of hydrogen-bond acceptors (Lipinski definition) is 3. The maximum Gasteiger partial charge on any atom is 0.286 e. The van der Waals surface area contributed by atoms with E-state index in [1.807, 2.05) is 55.5 Å². The highest BCUT2D eigenvalue weighted by molar-refractivity contribution is 14.1. The number of anilines is 1. The van der Waals surface area contributed by atoms with Crippen LogP contribution in [0.1, 0.15) is 5.56 Å². The number of sulfonamides is 1. The zero-order valence-corrected chi connectivity index (χ0v) is 21.7. The van der Waals surface area contributed by atoms with E-state index in [4.69, 9.17) is 4.84 Å². The van der Waals surface area contributed by atoms with E-state index in [-0.39, 0.29) is 4.90 Å². The van der Waals surface area contributed by atoms with Crippen molar-refractivity contribution in [2.45, 2.75) is 11.8 Å². The van der Waals surface area contributed by atoms with E-state index in [0.717, 1.165) is 46.3 Å². The van der Waals surface area contributed by atoms with Gasteiger partial charge in [0, 0.05) is 14.7 Å². The van der Waals surface area contributed by atoms with Crippen LogP contribution in [0.2, 0.25) is 0 Å². The van der Waals surface area contributed by atoms with Crippen molar-refractivity contribution < 1.29 is 13.3 Å². The minimum absolute atomic E-state index is 0.173. The molecule has 4 nitrogen and oxygen atoms in total. The quantitative estimate of drug-likeness (QED) is 0.162. The number of fused-ring (bicyclic) bond motifs is 2. The normalized spacial score (nSPS) is 11.7. The lowest BCUT2D eigenvalue weighted by atomic mass is 9.92. The number of hydrogen-bond donors (Lipinski definition) is 0. The lowest BCUT2D eigenvalue weighted by molar-refractivity contribution is 0.216. The zero-order valence-electron chi connectivity index (χ0n) is 18.7. The van der Waals surface area contributed by atoms with Crippen LogP contribution in [0.3, 0.4) is 0 Å². The third-order valence-corrected chi connectivity index (χ3v) is 8.48. The van der Waals surface area contributed by atoms with Gasteiger partial charge in [0.1, 0.15) is 0 Å². The topological polar surface area (TPSA) is 46.6 Å². The van der Waals surface area contributed by atoms with Gasteiger partial charge >= 0.3 is 0 Å². The van der Waals surface area contributed by atoms with Gasteiger partial charge in [-0.1, -0.05) is 78.4 Å². The predicted molar refractivity (Wildman–Crippen MR) is 147 cm³/mol. The summed E-state index contributed by atoms with van der Waals surface area (Å²) in [6.45, 7) is 1.92. The van der Waals surface area contributed by atoms with E-state index in [1.54, 1.807) is 24.3 Å². The molecule has 0 saturated heterocycles. The molecule has 5 aromatic rings. The summed E-state index contributed by atoms with van der Waals surface area (Å²) in [6.07, 6.45) is 0. The Bertz CT molecular complexity index is 1630. The first-order valence-corrected chi connectivity index (χ1v) is 13.3. The largest absolute Gasteiger partial charge is 0.286 e. The first-order valence-electron chi connectivity index (χ1n) is 10.8. The van der Waals surface area contributed by atoms with Crippen LogP contribution in [0.5, 0.6) is 0 Å². The summed E-state index contributed by atoms with van der Waals surface area (Å²) in [5.74, 6) is 0. The van der Waals surface area contributed by atoms with E-state index in [2.05, 4.69) is 46.9 Å². The molecule has 0 spiro atoms. The van der Waals surface area contributed by atoms with Crippen molar-refractivity contribution in [2.75, 3.05) is 11.6 Å². The van der Waals surface area contributed by atoms with Gasteiger partial charge in [-0.3, -0.25) is 4.84 Å². The van der Waals surface area contributed by atoms with Crippen LogP contribution in [-0.2, 0) is 14.9 Å². The molecule has 0 heterocycles. The highest BCUT2D eigenvalue weighted by atomic mass is 127. The molecule has 0 aliphatic carbocycles. The lowest BCUT2D eigenvalue weighted by Crippen LogP contribution is -2.30. The Morgan fingerprint density at radius 3 is 1.88 bits per heavy atom. The van der Waals surface area contributed by atoms with Crippen LogP contribution in [0.15, 0.2) is 102 Å². The van der Waals surface area contributed by atoms with Crippen LogP contribution in [0.25, 0.3) is 32.7 Å². The molecular formula is C28H22INO3S. The van der Waals surface area contributed by atoms with Crippen LogP contribution in [-0.4, -0.2) is 15.5 Å².